The first-order valence-electron chi connectivity index (χ1n) is 38.6. The number of rotatable bonds is 13. The van der Waals surface area contributed by atoms with Gasteiger partial charge in [-0.15, -0.1) is 0 Å². The monoisotopic (exact) mass is 1550 g/mol. The van der Waals surface area contributed by atoms with Gasteiger partial charge in [-0.2, -0.15) is 0 Å². The van der Waals surface area contributed by atoms with Crippen molar-refractivity contribution >= 4 is 81.7 Å². The minimum Gasteiger partial charge on any atom is -0.497 e. The SMILES string of the molecule is COc1ccc(C[C@@H]2NC(=O)[C@H]([C@@H](C)O)NC(=O)[C@@H]3[C@@H]4CCN3C(=O)[C@@H]3Cc5cn(c6ccc(F)cc56)C/C=C/CC[C@@H](NC(=O)CCC(=O)N[C@@H](C)C(=O)N[C@H](CCC(=O)CCCCC[N+](C)(C)C)C(=O)N[C@@H](Cc5cccc(c5)CNC(=O)CO4)C(=O)N3)c3ccc(cc3)CCNC(=O)[C@]3(C)CCCN3C2=O)cc1.[CH3-]. The van der Waals surface area contributed by atoms with E-state index in [0.29, 0.717) is 71.0 Å². The number of unbranched alkanes of at least 4 members (excludes halogenated alkanes) is 2. The number of hydrogen-bond donors (Lipinski definition) is 10. The van der Waals surface area contributed by atoms with Crippen molar-refractivity contribution in [2.45, 2.75) is 209 Å². The quantitative estimate of drug-likeness (QED) is 0.0346. The van der Waals surface area contributed by atoms with Crippen LogP contribution >= 0.6 is 0 Å². The molecule has 0 spiro atoms. The molecule has 7 heterocycles. The van der Waals surface area contributed by atoms with E-state index >= 15 is 33.2 Å². The molecule has 1 aromatic heterocycles. The van der Waals surface area contributed by atoms with E-state index in [1.54, 1.807) is 67.7 Å². The minimum absolute atomic E-state index is 0. The van der Waals surface area contributed by atoms with Gasteiger partial charge in [-0.25, -0.2) is 4.39 Å². The fourth-order valence-corrected chi connectivity index (χ4v) is 15.2. The fourth-order valence-electron chi connectivity index (χ4n) is 15.2. The highest BCUT2D eigenvalue weighted by Crippen LogP contribution is 2.33. The Balaban J connectivity index is 0.0000144. The standard InChI is InChI=1S/C82H106FN13O15.CH3/c1-50-74(102)88-63(30-27-59(98)18-10-9-13-41-96(4,5)6)75(103)89-64-44-54-16-14-17-55(42-54)47-85-71(101)49-111-68-35-40-94-73(68)78(106)92-72(51(2)97)77(105)91-65(43-53-22-28-60(110-7)29-23-53)80(108)95-39-15-36-82(95,3)81(109)84-37-34-52-20-24-56(25-21-52)62(87-70(100)33-32-69(99)86-50)19-11-8-12-38-93-48-57(45-66(79(94)107)90-76(64)104)61-46-58(83)26-31-67(61)93;/h8,12,14,16-17,20-26,28-29,31,42,46,48,50-51,62-66,68,72-73,97H,9-11,13,15,18-19,27,30,32-41,43-45,47,49H2,1-7H3,(H8-,84,85,86,87,88,89,90,91,92,99,100,101,102,103,104,105,106,109);1H3/q;-1/p+1/b12-8+;/t50-,51+,62+,63+,64-,65-,66-,68-,72-,73-,82-;/m0./s1. The molecule has 604 valence electrons. The van der Waals surface area contributed by atoms with E-state index in [0.717, 1.165) is 39.9 Å². The van der Waals surface area contributed by atoms with Crippen LogP contribution in [0.15, 0.2) is 109 Å². The molecule has 11 amide bonds. The smallest absolute Gasteiger partial charge is 0.246 e. The lowest BCUT2D eigenvalue weighted by Crippen LogP contribution is -2.64. The first-order chi connectivity index (χ1) is 53.0. The highest BCUT2D eigenvalue weighted by atomic mass is 19.1. The number of amides is 11. The number of aromatic nitrogens is 1. The Bertz CT molecular complexity index is 4260. The van der Waals surface area contributed by atoms with Crippen molar-refractivity contribution < 1.29 is 81.0 Å². The van der Waals surface area contributed by atoms with Crippen LogP contribution in [0.3, 0.4) is 0 Å². The number of carbonyl (C=O) groups excluding carboxylic acids is 12. The van der Waals surface area contributed by atoms with E-state index < -0.39 is 150 Å². The zero-order valence-electron chi connectivity index (χ0n) is 65.5. The minimum atomic E-state index is -1.86. The number of nitrogens with zero attached hydrogens (tertiary/aromatic N) is 4. The van der Waals surface area contributed by atoms with E-state index in [9.17, 15) is 33.9 Å². The van der Waals surface area contributed by atoms with Crippen LogP contribution in [0, 0.1) is 13.2 Å². The van der Waals surface area contributed by atoms with Crippen LogP contribution in [0.5, 0.6) is 5.75 Å². The maximum atomic E-state index is 16.2. The molecule has 0 radical (unpaired) electrons. The third kappa shape index (κ3) is 22.9. The summed E-state index contributed by atoms with van der Waals surface area (Å²) >= 11 is 0. The van der Waals surface area contributed by atoms with Crippen molar-refractivity contribution in [3.8, 4) is 5.75 Å². The predicted molar refractivity (Wildman–Crippen MR) is 416 cm³/mol. The molecule has 4 aromatic carbocycles. The first-order valence-corrected chi connectivity index (χ1v) is 38.6. The third-order valence-electron chi connectivity index (χ3n) is 21.5. The molecule has 112 heavy (non-hydrogen) atoms. The Labute approximate surface area is 653 Å². The third-order valence-corrected chi connectivity index (χ3v) is 21.5. The predicted octanol–water partition coefficient (Wildman–Crippen LogP) is 3.85. The van der Waals surface area contributed by atoms with Crippen molar-refractivity contribution in [3.63, 3.8) is 0 Å². The Morgan fingerprint density at radius 3 is 2.14 bits per heavy atom. The number of allylic oxidation sites excluding steroid dienone is 2. The molecule has 2 saturated heterocycles. The van der Waals surface area contributed by atoms with Crippen LogP contribution in [0.1, 0.15) is 144 Å². The molecule has 0 saturated carbocycles. The summed E-state index contributed by atoms with van der Waals surface area (Å²) in [6.45, 7) is 4.68. The number of quaternary nitrogens is 1. The maximum absolute atomic E-state index is 16.2. The molecule has 28 nitrogen and oxygen atoms in total. The molecule has 11 atom stereocenters. The zero-order chi connectivity index (χ0) is 79.7. The van der Waals surface area contributed by atoms with Gasteiger partial charge in [-0.1, -0.05) is 72.8 Å². The van der Waals surface area contributed by atoms with Gasteiger partial charge in [-0.05, 0) is 149 Å². The Hall–Kier alpha value is -10.4. The zero-order valence-corrected chi connectivity index (χ0v) is 65.5. The summed E-state index contributed by atoms with van der Waals surface area (Å²) in [5, 5.41) is 37.5. The summed E-state index contributed by atoms with van der Waals surface area (Å²) in [6, 6.07) is 13.4. The molecular formula is C83H110FN13O15. The van der Waals surface area contributed by atoms with Crippen LogP contribution in [0.25, 0.3) is 10.9 Å². The van der Waals surface area contributed by atoms with Crippen molar-refractivity contribution in [2.24, 2.45) is 0 Å². The largest absolute Gasteiger partial charge is 0.497 e. The molecule has 10 N–H and O–H groups in total. The van der Waals surface area contributed by atoms with Crippen molar-refractivity contribution in [3.05, 3.63) is 156 Å². The lowest BCUT2D eigenvalue weighted by molar-refractivity contribution is -0.870. The van der Waals surface area contributed by atoms with Crippen LogP contribution in [0.2, 0.25) is 0 Å². The van der Waals surface area contributed by atoms with Gasteiger partial charge in [0.15, 0.2) is 0 Å². The number of hydrogen-bond acceptors (Lipinski definition) is 15. The molecule has 5 aromatic rings. The summed E-state index contributed by atoms with van der Waals surface area (Å²) in [4.78, 5) is 180. The summed E-state index contributed by atoms with van der Waals surface area (Å²) in [7, 11) is 7.72. The number of aliphatic hydroxyl groups is 1. The summed E-state index contributed by atoms with van der Waals surface area (Å²) in [6.07, 6.45) is 4.75. The average molecular weight is 1550 g/mol. The van der Waals surface area contributed by atoms with E-state index in [1.807, 2.05) is 41.0 Å². The van der Waals surface area contributed by atoms with Gasteiger partial charge < -0.3 is 88.7 Å². The van der Waals surface area contributed by atoms with E-state index in [1.165, 1.54) is 38.0 Å². The first kappa shape index (κ1) is 85.6. The number of benzene rings is 4. The van der Waals surface area contributed by atoms with Gasteiger partial charge >= 0.3 is 0 Å². The van der Waals surface area contributed by atoms with Crippen molar-refractivity contribution in [1.82, 2.24) is 62.2 Å². The normalized spacial score (nSPS) is 25.4. The van der Waals surface area contributed by atoms with Gasteiger partial charge in [0.2, 0.25) is 65.0 Å². The number of Topliss-reactive ketones (excluding diaryl/α,β-unsaturated/α-hetero) is 1. The van der Waals surface area contributed by atoms with Crippen LogP contribution in [-0.2, 0) is 101 Å². The topological polar surface area (TPSA) is 363 Å². The molecule has 6 aliphatic rings. The molecule has 12 bridgehead atoms. The fraction of sp³-hybridized carbons (Fsp3) is 0.506. The summed E-state index contributed by atoms with van der Waals surface area (Å²) in [5.41, 5.74) is 2.59. The molecule has 6 aliphatic heterocycles. The van der Waals surface area contributed by atoms with E-state index in [2.05, 4.69) is 69.0 Å². The molecule has 2 fully saturated rings. The van der Waals surface area contributed by atoms with Gasteiger partial charge in [0.25, 0.3) is 0 Å². The second kappa shape index (κ2) is 39.2. The Morgan fingerprint density at radius 2 is 1.41 bits per heavy atom. The Morgan fingerprint density at radius 1 is 0.688 bits per heavy atom. The van der Waals surface area contributed by atoms with E-state index in [4.69, 9.17) is 9.47 Å². The number of ketones is 1. The number of methoxy groups -OCH3 is 1. The van der Waals surface area contributed by atoms with Crippen LogP contribution < -0.4 is 52.6 Å². The average Bonchev–Trinajstić information content (AvgIpc) is 1.63. The molecule has 0 aliphatic carbocycles. The lowest BCUT2D eigenvalue weighted by Gasteiger charge is -2.37. The number of fused-ring (bicyclic) bond motifs is 16. The van der Waals surface area contributed by atoms with Crippen LogP contribution in [-0.4, -0.2) is 216 Å². The maximum Gasteiger partial charge on any atom is 0.246 e. The summed E-state index contributed by atoms with van der Waals surface area (Å²) in [5.74, 6) is -8.86. The number of aliphatic hydroxyl groups excluding tert-OH is 1. The van der Waals surface area contributed by atoms with E-state index in [-0.39, 0.29) is 104 Å². The highest BCUT2D eigenvalue weighted by Gasteiger charge is 2.50. The molecule has 11 rings (SSSR count). The van der Waals surface area contributed by atoms with Crippen molar-refractivity contribution in [2.75, 3.05) is 61.0 Å². The second-order valence-corrected chi connectivity index (χ2v) is 31.1. The molecule has 29 heteroatoms. The number of nitrogens with one attached hydrogen (secondary N) is 9. The van der Waals surface area contributed by atoms with Gasteiger partial charge in [-0.3, -0.25) is 57.5 Å². The number of carbonyl (C=O) groups is 12. The Kier molecular flexibility index (Phi) is 30.0. The van der Waals surface area contributed by atoms with Crippen molar-refractivity contribution in [1.29, 1.82) is 0 Å². The van der Waals surface area contributed by atoms with Crippen LogP contribution in [0.4, 0.5) is 4.39 Å². The number of halogens is 1. The molecular weight excluding hydrogens is 1440 g/mol. The van der Waals surface area contributed by atoms with Gasteiger partial charge in [0.1, 0.15) is 71.8 Å². The summed E-state index contributed by atoms with van der Waals surface area (Å²) < 4.78 is 30.1. The van der Waals surface area contributed by atoms with Gasteiger partial charge in [0, 0.05) is 94.8 Å². The number of ether oxygens (including phenoxy) is 2. The highest BCUT2D eigenvalue weighted by molar-refractivity contribution is 6.00. The lowest BCUT2D eigenvalue weighted by atomic mass is 9.95. The molecule has 0 unspecified atom stereocenters. The second-order valence-electron chi connectivity index (χ2n) is 31.1. The van der Waals surface area contributed by atoms with Gasteiger partial charge in [0.05, 0.1) is 53.0 Å².